The first-order valence-corrected chi connectivity index (χ1v) is 7.27. The Morgan fingerprint density at radius 3 is 2.39 bits per heavy atom. The fourth-order valence-electron chi connectivity index (χ4n) is 1.93. The minimum atomic E-state index is -0.242. The highest BCUT2D eigenvalue weighted by Crippen LogP contribution is 2.33. The third-order valence-electron chi connectivity index (χ3n) is 2.95. The summed E-state index contributed by atoms with van der Waals surface area (Å²) in [6, 6.07) is 12.1. The number of methoxy groups -OCH3 is 1. The van der Waals surface area contributed by atoms with Crippen LogP contribution in [0, 0.1) is 0 Å². The van der Waals surface area contributed by atoms with Crippen LogP contribution in [-0.4, -0.2) is 19.2 Å². The lowest BCUT2D eigenvalue weighted by Crippen LogP contribution is -2.34. The van der Waals surface area contributed by atoms with Gasteiger partial charge in [0.05, 0.1) is 7.11 Å². The summed E-state index contributed by atoms with van der Waals surface area (Å²) in [6.07, 6.45) is 0. The molecule has 4 N–H and O–H groups in total. The van der Waals surface area contributed by atoms with Crippen LogP contribution in [0.3, 0.4) is 0 Å². The van der Waals surface area contributed by atoms with Crippen molar-refractivity contribution in [2.75, 3.05) is 18.2 Å². The van der Waals surface area contributed by atoms with Gasteiger partial charge < -0.3 is 25.8 Å². The number of benzene rings is 2. The van der Waals surface area contributed by atoms with E-state index in [0.29, 0.717) is 28.6 Å². The van der Waals surface area contributed by atoms with Crippen LogP contribution >= 0.6 is 0 Å². The number of ether oxygens (including phenoxy) is 2. The second kappa shape index (κ2) is 7.40. The van der Waals surface area contributed by atoms with E-state index >= 15 is 0 Å². The molecule has 0 unspecified atom stereocenters. The first kappa shape index (κ1) is 16.5. The van der Waals surface area contributed by atoms with E-state index in [2.05, 4.69) is 10.6 Å². The summed E-state index contributed by atoms with van der Waals surface area (Å²) in [5.74, 6) is 1.76. The van der Waals surface area contributed by atoms with Crippen LogP contribution in [0.1, 0.15) is 13.8 Å². The van der Waals surface area contributed by atoms with E-state index in [1.165, 1.54) is 0 Å². The summed E-state index contributed by atoms with van der Waals surface area (Å²) < 4.78 is 11.0. The van der Waals surface area contributed by atoms with Gasteiger partial charge in [0.1, 0.15) is 5.75 Å². The number of anilines is 2. The van der Waals surface area contributed by atoms with Crippen molar-refractivity contribution >= 4 is 17.4 Å². The highest BCUT2D eigenvalue weighted by Gasteiger charge is 2.07. The van der Waals surface area contributed by atoms with Gasteiger partial charge in [-0.05, 0) is 50.2 Å². The van der Waals surface area contributed by atoms with Crippen molar-refractivity contribution in [1.82, 2.24) is 5.32 Å². The molecule has 122 valence electrons. The number of nitrogens with two attached hydrogens (primary N) is 1. The van der Waals surface area contributed by atoms with Crippen LogP contribution in [0.5, 0.6) is 17.2 Å². The highest BCUT2D eigenvalue weighted by molar-refractivity contribution is 5.89. The number of carbonyl (C=O) groups is 1. The van der Waals surface area contributed by atoms with Gasteiger partial charge >= 0.3 is 6.03 Å². The molecule has 0 aliphatic heterocycles. The number of rotatable bonds is 5. The highest BCUT2D eigenvalue weighted by atomic mass is 16.5. The molecule has 2 aromatic carbocycles. The summed E-state index contributed by atoms with van der Waals surface area (Å²) in [7, 11) is 1.56. The molecule has 0 atom stereocenters. The van der Waals surface area contributed by atoms with Gasteiger partial charge in [-0.15, -0.1) is 0 Å². The van der Waals surface area contributed by atoms with Gasteiger partial charge in [0.2, 0.25) is 0 Å². The molecule has 2 rings (SSSR count). The lowest BCUT2D eigenvalue weighted by Gasteiger charge is -2.12. The largest absolute Gasteiger partial charge is 0.493 e. The van der Waals surface area contributed by atoms with E-state index in [-0.39, 0.29) is 12.1 Å². The summed E-state index contributed by atoms with van der Waals surface area (Å²) in [5, 5.41) is 5.50. The van der Waals surface area contributed by atoms with Gasteiger partial charge in [-0.3, -0.25) is 0 Å². The zero-order chi connectivity index (χ0) is 16.8. The van der Waals surface area contributed by atoms with Crippen LogP contribution in [-0.2, 0) is 0 Å². The quantitative estimate of drug-likeness (QED) is 0.736. The number of amides is 2. The van der Waals surface area contributed by atoms with Crippen LogP contribution in [0.15, 0.2) is 42.5 Å². The molecule has 2 aromatic rings. The van der Waals surface area contributed by atoms with Gasteiger partial charge in [0, 0.05) is 23.5 Å². The Labute approximate surface area is 135 Å². The predicted octanol–water partition coefficient (Wildman–Crippen LogP) is 3.60. The minimum absolute atomic E-state index is 0.0792. The zero-order valence-corrected chi connectivity index (χ0v) is 13.4. The molecule has 0 saturated carbocycles. The maximum atomic E-state index is 11.6. The molecule has 6 nitrogen and oxygen atoms in total. The number of nitrogen functional groups attached to an aromatic ring is 1. The molecule has 0 aromatic heterocycles. The first-order chi connectivity index (χ1) is 11.0. The average molecular weight is 315 g/mol. The number of nitrogens with one attached hydrogen (secondary N) is 2. The van der Waals surface area contributed by atoms with E-state index in [1.807, 2.05) is 13.8 Å². The second-order valence-corrected chi connectivity index (χ2v) is 5.29. The third kappa shape index (κ3) is 4.81. The van der Waals surface area contributed by atoms with Crippen LogP contribution in [0.2, 0.25) is 0 Å². The molecule has 0 saturated heterocycles. The third-order valence-corrected chi connectivity index (χ3v) is 2.95. The Kier molecular flexibility index (Phi) is 5.30. The van der Waals surface area contributed by atoms with Gasteiger partial charge in [0.15, 0.2) is 11.5 Å². The van der Waals surface area contributed by atoms with Gasteiger partial charge in [0.25, 0.3) is 0 Å². The Morgan fingerprint density at radius 2 is 1.78 bits per heavy atom. The van der Waals surface area contributed by atoms with E-state index < -0.39 is 0 Å². The van der Waals surface area contributed by atoms with Crippen molar-refractivity contribution in [2.24, 2.45) is 0 Å². The zero-order valence-electron chi connectivity index (χ0n) is 13.4. The molecule has 6 heteroatoms. The van der Waals surface area contributed by atoms with Gasteiger partial charge in [-0.1, -0.05) is 0 Å². The molecule has 2 amide bonds. The maximum Gasteiger partial charge on any atom is 0.319 e. The standard InChI is InChI=1S/C17H21N3O3/c1-11(2)19-17(21)20-13-5-7-14(8-6-13)23-15-9-4-12(18)10-16(15)22-3/h4-11H,18H2,1-3H3,(H2,19,20,21). The molecule has 0 aliphatic rings. The Morgan fingerprint density at radius 1 is 1.09 bits per heavy atom. The molecular formula is C17H21N3O3. The fourth-order valence-corrected chi connectivity index (χ4v) is 1.93. The van der Waals surface area contributed by atoms with E-state index in [0.717, 1.165) is 0 Å². The summed E-state index contributed by atoms with van der Waals surface area (Å²) in [4.78, 5) is 11.6. The van der Waals surface area contributed by atoms with Gasteiger partial charge in [-0.25, -0.2) is 4.79 Å². The molecule has 0 bridgehead atoms. The normalized spacial score (nSPS) is 10.3. The van der Waals surface area contributed by atoms with E-state index in [4.69, 9.17) is 15.2 Å². The van der Waals surface area contributed by atoms with Crippen molar-refractivity contribution in [3.63, 3.8) is 0 Å². The summed E-state index contributed by atoms with van der Waals surface area (Å²) >= 11 is 0. The number of hydrogen-bond donors (Lipinski definition) is 3. The fraction of sp³-hybridized carbons (Fsp3) is 0.235. The molecule has 0 aliphatic carbocycles. The van der Waals surface area contributed by atoms with Crippen LogP contribution in [0.4, 0.5) is 16.2 Å². The average Bonchev–Trinajstić information content (AvgIpc) is 2.50. The van der Waals surface area contributed by atoms with E-state index in [1.54, 1.807) is 49.6 Å². The minimum Gasteiger partial charge on any atom is -0.493 e. The predicted molar refractivity (Wildman–Crippen MR) is 91.2 cm³/mol. The smallest absolute Gasteiger partial charge is 0.319 e. The molecule has 23 heavy (non-hydrogen) atoms. The number of urea groups is 1. The van der Waals surface area contributed by atoms with Crippen molar-refractivity contribution < 1.29 is 14.3 Å². The monoisotopic (exact) mass is 315 g/mol. The number of hydrogen-bond acceptors (Lipinski definition) is 4. The maximum absolute atomic E-state index is 11.6. The Hall–Kier alpha value is -2.89. The van der Waals surface area contributed by atoms with Crippen LogP contribution in [0.25, 0.3) is 0 Å². The van der Waals surface area contributed by atoms with E-state index in [9.17, 15) is 4.79 Å². The lowest BCUT2D eigenvalue weighted by atomic mass is 10.2. The second-order valence-electron chi connectivity index (χ2n) is 5.29. The molecular weight excluding hydrogens is 294 g/mol. The van der Waals surface area contributed by atoms with Crippen molar-refractivity contribution in [3.8, 4) is 17.2 Å². The SMILES string of the molecule is COc1cc(N)ccc1Oc1ccc(NC(=O)NC(C)C)cc1. The summed E-state index contributed by atoms with van der Waals surface area (Å²) in [5.41, 5.74) is 7.00. The molecule has 0 heterocycles. The van der Waals surface area contributed by atoms with Crippen molar-refractivity contribution in [2.45, 2.75) is 19.9 Å². The van der Waals surface area contributed by atoms with Gasteiger partial charge in [-0.2, -0.15) is 0 Å². The van der Waals surface area contributed by atoms with Crippen molar-refractivity contribution in [3.05, 3.63) is 42.5 Å². The first-order valence-electron chi connectivity index (χ1n) is 7.27. The number of carbonyl (C=O) groups excluding carboxylic acids is 1. The van der Waals surface area contributed by atoms with Crippen LogP contribution < -0.4 is 25.8 Å². The van der Waals surface area contributed by atoms with Crippen molar-refractivity contribution in [1.29, 1.82) is 0 Å². The topological polar surface area (TPSA) is 85.6 Å². The molecule has 0 radical (unpaired) electrons. The lowest BCUT2D eigenvalue weighted by molar-refractivity contribution is 0.250. The Balaban J connectivity index is 2.04. The molecule has 0 fully saturated rings. The molecule has 0 spiro atoms. The Bertz CT molecular complexity index is 669. The summed E-state index contributed by atoms with van der Waals surface area (Å²) in [6.45, 7) is 3.80.